The van der Waals surface area contributed by atoms with Crippen LogP contribution in [-0.4, -0.2) is 39.6 Å². The Hall–Kier alpha value is -3.26. The van der Waals surface area contributed by atoms with E-state index in [9.17, 15) is 9.59 Å². The smallest absolute Gasteiger partial charge is 0.267 e. The van der Waals surface area contributed by atoms with E-state index in [1.54, 1.807) is 0 Å². The van der Waals surface area contributed by atoms with E-state index in [1.165, 1.54) is 29.5 Å². The largest absolute Gasteiger partial charge is 0.357 e. The first-order valence-electron chi connectivity index (χ1n) is 9.50. The third-order valence-corrected chi connectivity index (χ3v) is 4.09. The Morgan fingerprint density at radius 3 is 2.52 bits per heavy atom. The van der Waals surface area contributed by atoms with Crippen molar-refractivity contribution in [2.75, 3.05) is 11.9 Å². The van der Waals surface area contributed by atoms with Crippen LogP contribution >= 0.6 is 0 Å². The topological polar surface area (TPSA) is 116 Å². The van der Waals surface area contributed by atoms with E-state index in [0.717, 1.165) is 12.5 Å². The Bertz CT molecular complexity index is 807. The second kappa shape index (κ2) is 11.6. The molecule has 4 N–H and O–H groups in total. The van der Waals surface area contributed by atoms with Crippen LogP contribution in [0.25, 0.3) is 6.08 Å². The van der Waals surface area contributed by atoms with Gasteiger partial charge in [0.2, 0.25) is 5.91 Å². The van der Waals surface area contributed by atoms with Crippen LogP contribution < -0.4 is 16.1 Å². The molecule has 1 atom stereocenters. The molecule has 0 spiro atoms. The van der Waals surface area contributed by atoms with Crippen molar-refractivity contribution in [2.24, 2.45) is 5.92 Å². The van der Waals surface area contributed by atoms with Crippen molar-refractivity contribution in [3.05, 3.63) is 60.1 Å². The summed E-state index contributed by atoms with van der Waals surface area (Å²) in [6, 6.07) is 9.56. The van der Waals surface area contributed by atoms with Crippen LogP contribution in [0.2, 0.25) is 0 Å². The molecule has 2 amide bonds. The minimum atomic E-state index is -0.654. The van der Waals surface area contributed by atoms with Gasteiger partial charge in [-0.1, -0.05) is 44.2 Å². The van der Waals surface area contributed by atoms with Crippen molar-refractivity contribution in [2.45, 2.75) is 32.7 Å². The number of benzene rings is 1. The quantitative estimate of drug-likeness (QED) is 0.277. The van der Waals surface area contributed by atoms with E-state index in [1.807, 2.05) is 30.3 Å². The maximum atomic E-state index is 12.6. The summed E-state index contributed by atoms with van der Waals surface area (Å²) in [6.45, 7) is 4.66. The van der Waals surface area contributed by atoms with Crippen LogP contribution in [0.1, 0.15) is 31.5 Å². The van der Waals surface area contributed by atoms with Crippen LogP contribution in [0.4, 0.5) is 5.82 Å². The minimum Gasteiger partial charge on any atom is -0.357 e. The van der Waals surface area contributed by atoms with Gasteiger partial charge in [0, 0.05) is 12.6 Å². The fraction of sp³-hybridized carbons (Fsp3) is 0.333. The lowest BCUT2D eigenvalue weighted by Crippen LogP contribution is -2.41. The number of carbonyl (C=O) groups excluding carboxylic acids is 2. The molecule has 2 aromatic rings. The van der Waals surface area contributed by atoms with Crippen LogP contribution in [0.5, 0.6) is 0 Å². The molecule has 8 nitrogen and oxygen atoms in total. The van der Waals surface area contributed by atoms with E-state index in [0.29, 0.717) is 30.4 Å². The van der Waals surface area contributed by atoms with Crippen molar-refractivity contribution in [1.29, 1.82) is 0 Å². The normalized spacial score (nSPS) is 12.0. The van der Waals surface area contributed by atoms with E-state index in [-0.39, 0.29) is 5.91 Å². The average molecular weight is 397 g/mol. The first kappa shape index (κ1) is 22.0. The molecule has 1 aromatic carbocycles. The second-order valence-electron chi connectivity index (χ2n) is 6.99. The summed E-state index contributed by atoms with van der Waals surface area (Å²) in [7, 11) is 0. The molecule has 8 heteroatoms. The van der Waals surface area contributed by atoms with Gasteiger partial charge < -0.3 is 10.6 Å². The predicted molar refractivity (Wildman–Crippen MR) is 111 cm³/mol. The van der Waals surface area contributed by atoms with Crippen LogP contribution in [0, 0.1) is 5.92 Å². The standard InChI is InChI=1S/C21H27N5O3/c1-15(2)12-18(21(28)22-11-10-16-6-4-3-5-7-16)25-19-14-23-17(13-24-19)8-9-20(27)26-29/h3-9,13-15,18,29H,10-12H2,1-2H3,(H,22,28)(H,24,25)(H,26,27)/b9-8+/t18-/m1/s1. The number of carbonyl (C=O) groups is 2. The maximum Gasteiger partial charge on any atom is 0.267 e. The highest BCUT2D eigenvalue weighted by Gasteiger charge is 2.20. The Labute approximate surface area is 170 Å². The van der Waals surface area contributed by atoms with E-state index >= 15 is 0 Å². The fourth-order valence-electron chi connectivity index (χ4n) is 2.68. The van der Waals surface area contributed by atoms with Crippen LogP contribution in [-0.2, 0) is 16.0 Å². The van der Waals surface area contributed by atoms with Gasteiger partial charge in [0.1, 0.15) is 11.9 Å². The van der Waals surface area contributed by atoms with Gasteiger partial charge in [-0.25, -0.2) is 10.5 Å². The van der Waals surface area contributed by atoms with Crippen LogP contribution in [0.15, 0.2) is 48.8 Å². The third kappa shape index (κ3) is 8.10. The molecule has 0 saturated carbocycles. The summed E-state index contributed by atoms with van der Waals surface area (Å²) in [5, 5.41) is 14.6. The van der Waals surface area contributed by atoms with Crippen molar-refractivity contribution in [3.8, 4) is 0 Å². The van der Waals surface area contributed by atoms with Gasteiger partial charge >= 0.3 is 0 Å². The first-order valence-corrected chi connectivity index (χ1v) is 9.50. The Morgan fingerprint density at radius 1 is 1.14 bits per heavy atom. The van der Waals surface area contributed by atoms with Gasteiger partial charge in [-0.2, -0.15) is 0 Å². The maximum absolute atomic E-state index is 12.6. The number of hydroxylamine groups is 1. The summed E-state index contributed by atoms with van der Waals surface area (Å²) < 4.78 is 0. The highest BCUT2D eigenvalue weighted by molar-refractivity contribution is 5.90. The zero-order valence-corrected chi connectivity index (χ0v) is 16.6. The number of nitrogens with zero attached hydrogens (tertiary/aromatic N) is 2. The molecular formula is C21H27N5O3. The fourth-order valence-corrected chi connectivity index (χ4v) is 2.68. The molecule has 0 aliphatic carbocycles. The highest BCUT2D eigenvalue weighted by Crippen LogP contribution is 2.11. The highest BCUT2D eigenvalue weighted by atomic mass is 16.5. The lowest BCUT2D eigenvalue weighted by Gasteiger charge is -2.20. The molecule has 0 aliphatic rings. The van der Waals surface area contributed by atoms with Crippen molar-refractivity contribution >= 4 is 23.7 Å². The average Bonchev–Trinajstić information content (AvgIpc) is 2.72. The Morgan fingerprint density at radius 2 is 1.90 bits per heavy atom. The van der Waals surface area contributed by atoms with Crippen molar-refractivity contribution in [1.82, 2.24) is 20.8 Å². The molecular weight excluding hydrogens is 370 g/mol. The van der Waals surface area contributed by atoms with Crippen molar-refractivity contribution < 1.29 is 14.8 Å². The third-order valence-electron chi connectivity index (χ3n) is 4.09. The van der Waals surface area contributed by atoms with E-state index in [2.05, 4.69) is 34.4 Å². The SMILES string of the molecule is CC(C)C[C@@H](Nc1cnc(/C=C/C(=O)NO)cn1)C(=O)NCCc1ccccc1. The van der Waals surface area contributed by atoms with Gasteiger partial charge in [-0.05, 0) is 30.4 Å². The Kier molecular flexibility index (Phi) is 8.78. The molecule has 1 heterocycles. The van der Waals surface area contributed by atoms with Gasteiger partial charge in [0.25, 0.3) is 5.91 Å². The van der Waals surface area contributed by atoms with E-state index < -0.39 is 11.9 Å². The molecule has 29 heavy (non-hydrogen) atoms. The number of aromatic nitrogens is 2. The number of rotatable bonds is 10. The molecule has 154 valence electrons. The van der Waals surface area contributed by atoms with Gasteiger partial charge in [-0.3, -0.25) is 19.8 Å². The summed E-state index contributed by atoms with van der Waals surface area (Å²) in [6.07, 6.45) is 6.95. The summed E-state index contributed by atoms with van der Waals surface area (Å²) >= 11 is 0. The molecule has 0 radical (unpaired) electrons. The lowest BCUT2D eigenvalue weighted by molar-refractivity contribution is -0.124. The second-order valence-corrected chi connectivity index (χ2v) is 6.99. The molecule has 0 unspecified atom stereocenters. The zero-order chi connectivity index (χ0) is 21.1. The van der Waals surface area contributed by atoms with E-state index in [4.69, 9.17) is 5.21 Å². The summed E-state index contributed by atoms with van der Waals surface area (Å²) in [5.74, 6) is 0.0512. The molecule has 2 rings (SSSR count). The lowest BCUT2D eigenvalue weighted by atomic mass is 10.0. The first-order chi connectivity index (χ1) is 14.0. The monoisotopic (exact) mass is 397 g/mol. The summed E-state index contributed by atoms with van der Waals surface area (Å²) in [4.78, 5) is 32.1. The molecule has 0 aliphatic heterocycles. The van der Waals surface area contributed by atoms with Crippen molar-refractivity contribution in [3.63, 3.8) is 0 Å². The molecule has 0 saturated heterocycles. The van der Waals surface area contributed by atoms with Gasteiger partial charge in [0.05, 0.1) is 18.1 Å². The number of anilines is 1. The number of hydrogen-bond donors (Lipinski definition) is 4. The summed E-state index contributed by atoms with van der Waals surface area (Å²) in [5.41, 5.74) is 3.12. The van der Waals surface area contributed by atoms with Gasteiger partial charge in [-0.15, -0.1) is 0 Å². The minimum absolute atomic E-state index is 0.0833. The molecule has 1 aromatic heterocycles. The number of hydrogen-bond acceptors (Lipinski definition) is 6. The van der Waals surface area contributed by atoms with Gasteiger partial charge in [0.15, 0.2) is 0 Å². The Balaban J connectivity index is 1.93. The van der Waals surface area contributed by atoms with Crippen LogP contribution in [0.3, 0.4) is 0 Å². The molecule has 0 fully saturated rings. The zero-order valence-electron chi connectivity index (χ0n) is 16.6. The predicted octanol–water partition coefficient (Wildman–Crippen LogP) is 2.18. The molecule has 0 bridgehead atoms. The number of nitrogens with one attached hydrogen (secondary N) is 3. The number of amides is 2.